The highest BCUT2D eigenvalue weighted by Crippen LogP contribution is 2.40. The highest BCUT2D eigenvalue weighted by atomic mass is 32.3. The molecule has 1 atom stereocenters. The monoisotopic (exact) mass is 448 g/mol. The largest absolute Gasteiger partial charge is 0.480 e. The molecule has 0 spiro atoms. The molecule has 27 heavy (non-hydrogen) atoms. The Morgan fingerprint density at radius 2 is 1.26 bits per heavy atom. The van der Waals surface area contributed by atoms with Crippen LogP contribution in [0.4, 0.5) is 39.5 Å². The van der Waals surface area contributed by atoms with Crippen molar-refractivity contribution >= 4 is 19.9 Å². The standard InChI is InChI=1S/C10H3F9N3O3S2/c11-8(12,13)5-1-6(9(14,15)16)3-7(2-5)26(23,21-4-20)22-27(24,25)10(17,18)19/h1-3H/q-1. The van der Waals surface area contributed by atoms with Crippen LogP contribution in [-0.4, -0.2) is 18.1 Å². The van der Waals surface area contributed by atoms with Crippen LogP contribution in [0.3, 0.4) is 0 Å². The minimum absolute atomic E-state index is 0.353. The van der Waals surface area contributed by atoms with E-state index < -0.39 is 59.9 Å². The smallest absolute Gasteiger partial charge is 0.441 e. The summed E-state index contributed by atoms with van der Waals surface area (Å²) in [5, 5.41) is 8.34. The molecular formula is C10H3F9N3O3S2-. The van der Waals surface area contributed by atoms with Crippen molar-refractivity contribution in [3.05, 3.63) is 33.5 Å². The molecule has 0 aromatic heterocycles. The molecule has 0 fully saturated rings. The van der Waals surface area contributed by atoms with Crippen molar-refractivity contribution in [2.75, 3.05) is 0 Å². The first-order valence-corrected chi connectivity index (χ1v) is 8.75. The molecule has 17 heteroatoms. The fourth-order valence-corrected chi connectivity index (χ4v) is 4.08. The Hall–Kier alpha value is -2.06. The molecule has 0 saturated carbocycles. The Balaban J connectivity index is 3.85. The van der Waals surface area contributed by atoms with Gasteiger partial charge < -0.3 is 4.13 Å². The van der Waals surface area contributed by atoms with E-state index in [1.165, 1.54) is 0 Å². The highest BCUT2D eigenvalue weighted by molar-refractivity contribution is 8.13. The Morgan fingerprint density at radius 3 is 1.56 bits per heavy atom. The van der Waals surface area contributed by atoms with E-state index in [0.29, 0.717) is 6.19 Å². The normalized spacial score (nSPS) is 15.7. The van der Waals surface area contributed by atoms with Gasteiger partial charge in [0.1, 0.15) is 0 Å². The number of hydrogen-bond acceptors (Lipinski definition) is 5. The van der Waals surface area contributed by atoms with Gasteiger partial charge in [0.25, 0.3) is 0 Å². The third-order valence-electron chi connectivity index (χ3n) is 2.52. The molecule has 0 aliphatic rings. The maximum absolute atomic E-state index is 12.8. The van der Waals surface area contributed by atoms with Crippen molar-refractivity contribution in [3.63, 3.8) is 0 Å². The molecule has 0 amide bonds. The summed E-state index contributed by atoms with van der Waals surface area (Å²) in [6.07, 6.45) is -10.4. The van der Waals surface area contributed by atoms with Crippen molar-refractivity contribution in [1.82, 2.24) is 0 Å². The van der Waals surface area contributed by atoms with Crippen LogP contribution >= 0.6 is 0 Å². The van der Waals surface area contributed by atoms with Crippen LogP contribution in [0.1, 0.15) is 11.1 Å². The summed E-state index contributed by atoms with van der Waals surface area (Å²) in [5.74, 6) is 0. The number of hydrogen-bond donors (Lipinski definition) is 0. The SMILES string of the molecule is N#CN=S(=O)([N-]S(=O)(=O)C(F)(F)F)c1cc(C(F)(F)F)cc(C(F)(F)F)c1. The van der Waals surface area contributed by atoms with Crippen LogP contribution in [0, 0.1) is 11.5 Å². The molecule has 0 N–H and O–H groups in total. The van der Waals surface area contributed by atoms with Gasteiger partial charge in [-0.15, -0.1) is 4.36 Å². The Morgan fingerprint density at radius 1 is 0.852 bits per heavy atom. The molecule has 152 valence electrons. The van der Waals surface area contributed by atoms with Gasteiger partial charge in [0.2, 0.25) is 6.19 Å². The maximum Gasteiger partial charge on any atom is 0.480 e. The third kappa shape index (κ3) is 5.23. The van der Waals surface area contributed by atoms with E-state index in [1.807, 2.05) is 0 Å². The summed E-state index contributed by atoms with van der Waals surface area (Å²) in [6, 6.07) is -1.17. The minimum atomic E-state index is -6.68. The number of nitriles is 1. The van der Waals surface area contributed by atoms with E-state index in [2.05, 4.69) is 4.36 Å². The fourth-order valence-electron chi connectivity index (χ4n) is 1.42. The second kappa shape index (κ2) is 6.83. The van der Waals surface area contributed by atoms with Gasteiger partial charge in [0.05, 0.1) is 11.1 Å². The van der Waals surface area contributed by atoms with Crippen LogP contribution in [0.2, 0.25) is 0 Å². The maximum atomic E-state index is 12.8. The quantitative estimate of drug-likeness (QED) is 0.512. The molecule has 0 bridgehead atoms. The zero-order valence-electron chi connectivity index (χ0n) is 12.0. The topological polar surface area (TPSA) is 101 Å². The van der Waals surface area contributed by atoms with Gasteiger partial charge in [-0.2, -0.15) is 44.8 Å². The predicted molar refractivity (Wildman–Crippen MR) is 69.2 cm³/mol. The van der Waals surface area contributed by atoms with Crippen molar-refractivity contribution in [2.24, 2.45) is 4.36 Å². The van der Waals surface area contributed by atoms with Gasteiger partial charge in [-0.05, 0) is 18.2 Å². The van der Waals surface area contributed by atoms with E-state index in [4.69, 9.17) is 5.26 Å². The van der Waals surface area contributed by atoms with Crippen molar-refractivity contribution in [2.45, 2.75) is 22.8 Å². The minimum Gasteiger partial charge on any atom is -0.441 e. The lowest BCUT2D eigenvalue weighted by atomic mass is 10.1. The lowest BCUT2D eigenvalue weighted by Crippen LogP contribution is -2.24. The number of benzene rings is 1. The van der Waals surface area contributed by atoms with Gasteiger partial charge in [-0.1, -0.05) is 0 Å². The second-order valence-electron chi connectivity index (χ2n) is 4.42. The highest BCUT2D eigenvalue weighted by Gasteiger charge is 2.41. The number of alkyl halides is 9. The first kappa shape index (κ1) is 23.0. The van der Waals surface area contributed by atoms with Crippen LogP contribution < -0.4 is 0 Å². The summed E-state index contributed by atoms with van der Waals surface area (Å²) in [6.45, 7) is 0. The van der Waals surface area contributed by atoms with Gasteiger partial charge >= 0.3 is 17.9 Å². The second-order valence-corrected chi connectivity index (χ2v) is 8.08. The molecule has 1 aromatic rings. The van der Waals surface area contributed by atoms with Gasteiger partial charge in [0.15, 0.2) is 10.0 Å². The molecular weight excluding hydrogens is 445 g/mol. The van der Waals surface area contributed by atoms with Crippen LogP contribution in [-0.2, 0) is 32.3 Å². The third-order valence-corrected chi connectivity index (χ3v) is 5.88. The van der Waals surface area contributed by atoms with Crippen molar-refractivity contribution in [3.8, 4) is 6.19 Å². The van der Waals surface area contributed by atoms with Gasteiger partial charge in [-0.25, -0.2) is 8.42 Å². The zero-order valence-corrected chi connectivity index (χ0v) is 13.6. The number of halogens is 9. The number of rotatable bonds is 3. The molecule has 0 heterocycles. The van der Waals surface area contributed by atoms with E-state index >= 15 is 0 Å². The number of nitrogens with zero attached hydrogens (tertiary/aromatic N) is 3. The summed E-state index contributed by atoms with van der Waals surface area (Å²) < 4.78 is 152. The molecule has 0 radical (unpaired) electrons. The average Bonchev–Trinajstić information content (AvgIpc) is 2.43. The Labute approximate surface area is 144 Å². The number of sulfonamides is 1. The molecule has 0 aliphatic carbocycles. The Kier molecular flexibility index (Phi) is 5.82. The molecule has 1 aromatic carbocycles. The predicted octanol–water partition coefficient (Wildman–Crippen LogP) is 4.17. The molecule has 1 unspecified atom stereocenters. The average molecular weight is 448 g/mol. The first-order valence-electron chi connectivity index (χ1n) is 5.84. The first-order chi connectivity index (χ1) is 11.8. The summed E-state index contributed by atoms with van der Waals surface area (Å²) >= 11 is 0. The van der Waals surface area contributed by atoms with E-state index in [0.717, 1.165) is 0 Å². The van der Waals surface area contributed by atoms with Crippen LogP contribution in [0.5, 0.6) is 0 Å². The van der Waals surface area contributed by atoms with E-state index in [1.54, 1.807) is 4.13 Å². The molecule has 1 rings (SSSR count). The van der Waals surface area contributed by atoms with Crippen LogP contribution in [0.15, 0.2) is 27.5 Å². The summed E-state index contributed by atoms with van der Waals surface area (Å²) in [7, 11) is -12.2. The lowest BCUT2D eigenvalue weighted by Gasteiger charge is -2.26. The van der Waals surface area contributed by atoms with Crippen molar-refractivity contribution in [1.29, 1.82) is 5.26 Å². The molecule has 0 saturated heterocycles. The summed E-state index contributed by atoms with van der Waals surface area (Å²) in [5.41, 5.74) is -10.5. The zero-order chi connectivity index (χ0) is 21.5. The van der Waals surface area contributed by atoms with Crippen LogP contribution in [0.25, 0.3) is 4.13 Å². The van der Waals surface area contributed by atoms with E-state index in [9.17, 15) is 52.1 Å². The van der Waals surface area contributed by atoms with Gasteiger partial charge in [0, 0.05) is 14.8 Å². The summed E-state index contributed by atoms with van der Waals surface area (Å²) in [4.78, 5) is -1.81. The fraction of sp³-hybridized carbons (Fsp3) is 0.300. The van der Waals surface area contributed by atoms with E-state index in [-0.39, 0.29) is 12.1 Å². The molecule has 6 nitrogen and oxygen atoms in total. The Bertz CT molecular complexity index is 962. The van der Waals surface area contributed by atoms with Crippen molar-refractivity contribution < 1.29 is 52.1 Å². The lowest BCUT2D eigenvalue weighted by molar-refractivity contribution is -0.143. The molecule has 0 aliphatic heterocycles. The van der Waals surface area contributed by atoms with Gasteiger partial charge in [-0.3, -0.25) is 4.21 Å².